The van der Waals surface area contributed by atoms with E-state index in [1.54, 1.807) is 29.3 Å². The zero-order valence-electron chi connectivity index (χ0n) is 37.3. The van der Waals surface area contributed by atoms with Gasteiger partial charge in [0.2, 0.25) is 11.8 Å². The zero-order valence-corrected chi connectivity index (χ0v) is 37.3. The summed E-state index contributed by atoms with van der Waals surface area (Å²) in [5.41, 5.74) is 4.68. The number of carbonyl (C=O) groups is 4. The first kappa shape index (κ1) is 42.6. The second-order valence-electron chi connectivity index (χ2n) is 19.4. The van der Waals surface area contributed by atoms with E-state index in [9.17, 15) is 19.2 Å². The highest BCUT2D eigenvalue weighted by Crippen LogP contribution is 2.59. The largest absolute Gasteiger partial charge is 0.453 e. The number of ether oxygens (including phenoxy) is 2. The second-order valence-corrected chi connectivity index (χ2v) is 19.4. The number of rotatable bonds is 10. The van der Waals surface area contributed by atoms with Crippen LogP contribution in [0.15, 0.2) is 60.8 Å². The van der Waals surface area contributed by atoms with Crippen LogP contribution in [-0.4, -0.2) is 92.6 Å². The molecule has 6 atom stereocenters. The molecule has 3 aromatic carbocycles. The van der Waals surface area contributed by atoms with Crippen LogP contribution in [0, 0.1) is 23.2 Å². The maximum Gasteiger partial charge on any atom is 0.407 e. The first-order valence-corrected chi connectivity index (χ1v) is 22.6. The Bertz CT molecular complexity index is 2740. The standard InChI is InChI=1S/C49H54F2N8O6/c1-24(2)39(56-46(62)64-5)44(60)58-23-48(15-16-48)21-38(58)42-52-22-37(55-42)28-9-13-32-31-12-8-26(18-33(31)49(50,51)34(32)19-28)27-10-14-35-36(20-27)54-43(53-35)41-29-7-11-30(17-29)59(41)45(61)40(25(3)4)57-47(63)65-6/h8-10,12-14,18-20,22,24-25,29-30,38-41H,7,11,15-17,21,23H2,1-6H3,(H,52,55)(H,53,54)(H,56,62)(H,57,63)/t29-,30+,38-,39-,40-,41+/m0/s1. The lowest BCUT2D eigenvalue weighted by molar-refractivity contribution is -0.139. The third-order valence-corrected chi connectivity index (χ3v) is 14.7. The molecule has 0 radical (unpaired) electrons. The van der Waals surface area contributed by atoms with Gasteiger partial charge in [-0.05, 0) is 108 Å². The number of hydrogen-bond donors (Lipinski definition) is 4. The average Bonchev–Trinajstić information content (AvgIpc) is 3.95. The molecule has 14 nitrogen and oxygen atoms in total. The first-order chi connectivity index (χ1) is 31.1. The molecule has 5 aromatic rings. The second kappa shape index (κ2) is 15.7. The molecular formula is C49H54F2N8O6. The predicted molar refractivity (Wildman–Crippen MR) is 237 cm³/mol. The number of hydrogen-bond acceptors (Lipinski definition) is 8. The molecule has 5 aliphatic rings. The van der Waals surface area contributed by atoms with Crippen LogP contribution >= 0.6 is 0 Å². The smallest absolute Gasteiger partial charge is 0.407 e. The van der Waals surface area contributed by atoms with Gasteiger partial charge in [0, 0.05) is 29.3 Å². The number of aromatic amines is 2. The number of carbonyl (C=O) groups excluding carboxylic acids is 4. The number of methoxy groups -OCH3 is 2. The number of benzene rings is 3. The summed E-state index contributed by atoms with van der Waals surface area (Å²) in [6, 6.07) is 13.8. The third-order valence-electron chi connectivity index (χ3n) is 14.7. The van der Waals surface area contributed by atoms with E-state index >= 15 is 8.78 Å². The molecule has 2 saturated carbocycles. The number of fused-ring (bicyclic) bond motifs is 6. The van der Waals surface area contributed by atoms with E-state index in [0.29, 0.717) is 51.7 Å². The topological polar surface area (TPSA) is 175 Å². The van der Waals surface area contributed by atoms with Crippen LogP contribution in [0.1, 0.15) is 101 Å². The summed E-state index contributed by atoms with van der Waals surface area (Å²) in [5.74, 6) is -2.53. The molecule has 4 fully saturated rings. The van der Waals surface area contributed by atoms with Crippen molar-refractivity contribution in [2.45, 2.75) is 102 Å². The summed E-state index contributed by atoms with van der Waals surface area (Å²) < 4.78 is 43.0. The Morgan fingerprint density at radius 3 is 2.05 bits per heavy atom. The summed E-state index contributed by atoms with van der Waals surface area (Å²) in [6.45, 7) is 8.09. The summed E-state index contributed by atoms with van der Waals surface area (Å²) in [6.07, 6.45) is 5.75. The van der Waals surface area contributed by atoms with Gasteiger partial charge in [0.15, 0.2) is 0 Å². The first-order valence-electron chi connectivity index (χ1n) is 22.6. The normalized spacial score (nSPS) is 22.9. The fourth-order valence-corrected chi connectivity index (χ4v) is 11.0. The van der Waals surface area contributed by atoms with Crippen molar-refractivity contribution in [3.05, 3.63) is 83.6 Å². The Balaban J connectivity index is 0.896. The van der Waals surface area contributed by atoms with Gasteiger partial charge in [-0.15, -0.1) is 0 Å². The number of likely N-dealkylation sites (tertiary alicyclic amines) is 2. The molecule has 0 unspecified atom stereocenters. The maximum absolute atomic E-state index is 16.7. The fourth-order valence-electron chi connectivity index (χ4n) is 11.0. The van der Waals surface area contributed by atoms with Gasteiger partial charge in [0.05, 0.1) is 49.2 Å². The lowest BCUT2D eigenvalue weighted by Crippen LogP contribution is -2.54. The summed E-state index contributed by atoms with van der Waals surface area (Å²) in [5, 5.41) is 5.43. The van der Waals surface area contributed by atoms with Crippen molar-refractivity contribution < 1.29 is 37.4 Å². The molecule has 10 rings (SSSR count). The SMILES string of the molecule is COC(=O)N[C@H](C(=O)N1CC2(CC2)C[C@H]1c1ncc(-c2ccc3c(c2)C(F)(F)c2cc(-c4ccc5nc([C@H]6[C@H]7CC[C@H](C7)N6C(=O)[C@@H](NC(=O)OC)C(C)C)[nH]c5c4)ccc2-3)[nH]1)C(C)C. The highest BCUT2D eigenvalue weighted by Gasteiger charge is 2.56. The number of alkyl carbamates (subject to hydrolysis) is 2. The van der Waals surface area contributed by atoms with Crippen molar-refractivity contribution in [2.75, 3.05) is 20.8 Å². The van der Waals surface area contributed by atoms with Gasteiger partial charge < -0.3 is 39.9 Å². The number of piperidine rings is 1. The zero-order chi connectivity index (χ0) is 45.7. The highest BCUT2D eigenvalue weighted by atomic mass is 19.3. The van der Waals surface area contributed by atoms with Gasteiger partial charge >= 0.3 is 12.2 Å². The van der Waals surface area contributed by atoms with E-state index in [4.69, 9.17) is 19.4 Å². The van der Waals surface area contributed by atoms with Gasteiger partial charge in [0.1, 0.15) is 23.7 Å². The number of aromatic nitrogens is 4. The highest BCUT2D eigenvalue weighted by molar-refractivity contribution is 5.89. The molecule has 2 bridgehead atoms. The number of nitrogens with one attached hydrogen (secondary N) is 4. The molecule has 2 aromatic heterocycles. The Morgan fingerprint density at radius 1 is 0.785 bits per heavy atom. The monoisotopic (exact) mass is 888 g/mol. The molecular weight excluding hydrogens is 835 g/mol. The quantitative estimate of drug-likeness (QED) is 0.108. The minimum Gasteiger partial charge on any atom is -0.453 e. The molecule has 2 saturated heterocycles. The van der Waals surface area contributed by atoms with Gasteiger partial charge in [-0.3, -0.25) is 9.59 Å². The van der Waals surface area contributed by atoms with Gasteiger partial charge in [-0.2, -0.15) is 8.78 Å². The van der Waals surface area contributed by atoms with Crippen molar-refractivity contribution in [3.63, 3.8) is 0 Å². The van der Waals surface area contributed by atoms with Crippen LogP contribution in [0.5, 0.6) is 0 Å². The minimum absolute atomic E-state index is 0.0102. The molecule has 16 heteroatoms. The molecule has 340 valence electrons. The number of H-pyrrole nitrogens is 2. The summed E-state index contributed by atoms with van der Waals surface area (Å²) >= 11 is 0. The number of imidazole rings is 2. The number of alkyl halides is 2. The van der Waals surface area contributed by atoms with Gasteiger partial charge in [0.25, 0.3) is 5.92 Å². The van der Waals surface area contributed by atoms with E-state index in [0.717, 1.165) is 49.6 Å². The minimum atomic E-state index is -3.29. The van der Waals surface area contributed by atoms with E-state index < -0.39 is 30.2 Å². The predicted octanol–water partition coefficient (Wildman–Crippen LogP) is 8.61. The number of halogens is 2. The molecule has 4 heterocycles. The van der Waals surface area contributed by atoms with Crippen molar-refractivity contribution in [1.29, 1.82) is 0 Å². The van der Waals surface area contributed by atoms with E-state index in [1.807, 2.05) is 62.9 Å². The van der Waals surface area contributed by atoms with E-state index in [2.05, 4.69) is 20.6 Å². The number of nitrogens with zero attached hydrogens (tertiary/aromatic N) is 4. The van der Waals surface area contributed by atoms with Crippen LogP contribution in [0.3, 0.4) is 0 Å². The van der Waals surface area contributed by atoms with Crippen molar-refractivity contribution in [1.82, 2.24) is 40.4 Å². The molecule has 4 N–H and O–H groups in total. The van der Waals surface area contributed by atoms with E-state index in [1.165, 1.54) is 20.3 Å². The fraction of sp³-hybridized carbons (Fsp3) is 0.469. The Labute approximate surface area is 375 Å². The van der Waals surface area contributed by atoms with Crippen LogP contribution in [-0.2, 0) is 25.0 Å². The van der Waals surface area contributed by atoms with Crippen molar-refractivity contribution in [2.24, 2.45) is 23.2 Å². The average molecular weight is 889 g/mol. The molecule has 1 spiro atoms. The van der Waals surface area contributed by atoms with Crippen molar-refractivity contribution in [3.8, 4) is 33.5 Å². The Kier molecular flexibility index (Phi) is 10.3. The van der Waals surface area contributed by atoms with Crippen LogP contribution in [0.4, 0.5) is 18.4 Å². The van der Waals surface area contributed by atoms with Crippen LogP contribution in [0.2, 0.25) is 0 Å². The van der Waals surface area contributed by atoms with Gasteiger partial charge in [-0.25, -0.2) is 19.6 Å². The lowest BCUT2D eigenvalue weighted by atomic mass is 9.95. The van der Waals surface area contributed by atoms with Crippen LogP contribution < -0.4 is 10.6 Å². The Morgan fingerprint density at radius 2 is 1.40 bits per heavy atom. The lowest BCUT2D eigenvalue weighted by Gasteiger charge is -2.37. The Hall–Kier alpha value is -6.32. The molecule has 2 aliphatic heterocycles. The maximum atomic E-state index is 16.7. The summed E-state index contributed by atoms with van der Waals surface area (Å²) in [7, 11) is 2.54. The third kappa shape index (κ3) is 7.19. The van der Waals surface area contributed by atoms with Gasteiger partial charge in [-0.1, -0.05) is 58.0 Å². The van der Waals surface area contributed by atoms with Crippen molar-refractivity contribution >= 4 is 35.0 Å². The molecule has 4 amide bonds. The molecule has 65 heavy (non-hydrogen) atoms. The number of amides is 4. The molecule has 3 aliphatic carbocycles. The summed E-state index contributed by atoms with van der Waals surface area (Å²) in [4.78, 5) is 72.6. The van der Waals surface area contributed by atoms with Crippen LogP contribution in [0.25, 0.3) is 44.5 Å². The van der Waals surface area contributed by atoms with E-state index in [-0.39, 0.29) is 64.2 Å².